The maximum atomic E-state index is 4.16. The molecule has 54 valence electrons. The first-order valence-electron chi connectivity index (χ1n) is 3.27. The third-order valence-corrected chi connectivity index (χ3v) is 1.38. The van der Waals surface area contributed by atoms with Gasteiger partial charge in [0.25, 0.3) is 0 Å². The van der Waals surface area contributed by atoms with Gasteiger partial charge in [-0.15, -0.1) is 5.10 Å². The van der Waals surface area contributed by atoms with Crippen LogP contribution in [-0.2, 0) is 0 Å². The first-order chi connectivity index (χ1) is 5.36. The Labute approximate surface area is 63.3 Å². The van der Waals surface area contributed by atoms with Crippen molar-refractivity contribution in [3.05, 3.63) is 24.3 Å². The molecule has 0 aliphatic rings. The standard InChI is InChI=1S/C7H6N4/c1-5-8-4-7-6(10-5)2-3-9-11-7/h2-4H,1H3. The van der Waals surface area contributed by atoms with E-state index in [1.165, 1.54) is 0 Å². The van der Waals surface area contributed by atoms with E-state index < -0.39 is 0 Å². The van der Waals surface area contributed by atoms with Gasteiger partial charge in [0.1, 0.15) is 11.3 Å². The van der Waals surface area contributed by atoms with Crippen molar-refractivity contribution in [2.75, 3.05) is 0 Å². The monoisotopic (exact) mass is 146 g/mol. The Morgan fingerprint density at radius 1 is 1.27 bits per heavy atom. The average molecular weight is 146 g/mol. The van der Waals surface area contributed by atoms with Crippen molar-refractivity contribution < 1.29 is 0 Å². The van der Waals surface area contributed by atoms with E-state index in [0.717, 1.165) is 16.9 Å². The van der Waals surface area contributed by atoms with Crippen LogP contribution in [-0.4, -0.2) is 20.2 Å². The third kappa shape index (κ3) is 1.02. The van der Waals surface area contributed by atoms with Crippen LogP contribution >= 0.6 is 0 Å². The summed E-state index contributed by atoms with van der Waals surface area (Å²) < 4.78 is 0. The zero-order valence-corrected chi connectivity index (χ0v) is 6.02. The van der Waals surface area contributed by atoms with E-state index in [0.29, 0.717) is 0 Å². The molecule has 4 heteroatoms. The van der Waals surface area contributed by atoms with Crippen LogP contribution < -0.4 is 0 Å². The SMILES string of the molecule is Cc1ncc2nnccc2n1. The molecule has 2 aromatic rings. The van der Waals surface area contributed by atoms with Gasteiger partial charge in [-0.25, -0.2) is 9.97 Å². The molecule has 0 atom stereocenters. The highest BCUT2D eigenvalue weighted by Crippen LogP contribution is 2.03. The lowest BCUT2D eigenvalue weighted by atomic mass is 10.4. The quantitative estimate of drug-likeness (QED) is 0.549. The van der Waals surface area contributed by atoms with Gasteiger partial charge in [0.15, 0.2) is 0 Å². The molecule has 0 bridgehead atoms. The number of nitrogens with zero attached hydrogens (tertiary/aromatic N) is 4. The molecule has 0 aliphatic heterocycles. The summed E-state index contributed by atoms with van der Waals surface area (Å²) in [5, 5.41) is 7.56. The normalized spacial score (nSPS) is 10.3. The molecule has 2 aromatic heterocycles. The molecule has 0 saturated heterocycles. The lowest BCUT2D eigenvalue weighted by molar-refractivity contribution is 1.03. The van der Waals surface area contributed by atoms with Crippen molar-refractivity contribution in [3.63, 3.8) is 0 Å². The molecule has 0 radical (unpaired) electrons. The molecule has 0 aliphatic carbocycles. The van der Waals surface area contributed by atoms with Gasteiger partial charge in [-0.2, -0.15) is 5.10 Å². The first-order valence-corrected chi connectivity index (χ1v) is 3.27. The average Bonchev–Trinajstić information content (AvgIpc) is 2.04. The molecule has 2 heterocycles. The van der Waals surface area contributed by atoms with E-state index in [1.54, 1.807) is 12.4 Å². The second kappa shape index (κ2) is 2.23. The highest BCUT2D eigenvalue weighted by molar-refractivity contribution is 5.71. The van der Waals surface area contributed by atoms with Gasteiger partial charge >= 0.3 is 0 Å². The molecule has 4 nitrogen and oxygen atoms in total. The highest BCUT2D eigenvalue weighted by atomic mass is 15.1. The molecule has 0 spiro atoms. The second-order valence-corrected chi connectivity index (χ2v) is 2.22. The molecular formula is C7H6N4. The van der Waals surface area contributed by atoms with Crippen LogP contribution in [0.5, 0.6) is 0 Å². The minimum atomic E-state index is 0.734. The molecule has 0 fully saturated rings. The van der Waals surface area contributed by atoms with Crippen LogP contribution in [0.3, 0.4) is 0 Å². The largest absolute Gasteiger partial charge is 0.239 e. The van der Waals surface area contributed by atoms with E-state index >= 15 is 0 Å². The minimum absolute atomic E-state index is 0.734. The van der Waals surface area contributed by atoms with Crippen LogP contribution in [0, 0.1) is 6.92 Å². The van der Waals surface area contributed by atoms with Crippen molar-refractivity contribution in [1.29, 1.82) is 0 Å². The van der Waals surface area contributed by atoms with Crippen molar-refractivity contribution in [1.82, 2.24) is 20.2 Å². The lowest BCUT2D eigenvalue weighted by Gasteiger charge is -1.93. The summed E-state index contributed by atoms with van der Waals surface area (Å²) in [7, 11) is 0. The van der Waals surface area contributed by atoms with E-state index in [-0.39, 0.29) is 0 Å². The summed E-state index contributed by atoms with van der Waals surface area (Å²) in [5.41, 5.74) is 1.57. The van der Waals surface area contributed by atoms with Gasteiger partial charge in [-0.1, -0.05) is 0 Å². The minimum Gasteiger partial charge on any atom is -0.239 e. The Morgan fingerprint density at radius 2 is 2.18 bits per heavy atom. The number of fused-ring (bicyclic) bond motifs is 1. The molecule has 11 heavy (non-hydrogen) atoms. The number of hydrogen-bond acceptors (Lipinski definition) is 4. The van der Waals surface area contributed by atoms with Crippen LogP contribution in [0.1, 0.15) is 5.82 Å². The van der Waals surface area contributed by atoms with Gasteiger partial charge in [-0.05, 0) is 13.0 Å². The number of rotatable bonds is 0. The number of aromatic nitrogens is 4. The summed E-state index contributed by atoms with van der Waals surface area (Å²) in [6.45, 7) is 1.85. The van der Waals surface area contributed by atoms with Crippen LogP contribution in [0.4, 0.5) is 0 Å². The maximum Gasteiger partial charge on any atom is 0.130 e. The van der Waals surface area contributed by atoms with E-state index in [4.69, 9.17) is 0 Å². The number of aryl methyl sites for hydroxylation is 1. The van der Waals surface area contributed by atoms with Crippen LogP contribution in [0.25, 0.3) is 11.0 Å². The lowest BCUT2D eigenvalue weighted by Crippen LogP contribution is -1.90. The van der Waals surface area contributed by atoms with Gasteiger partial charge < -0.3 is 0 Å². The molecule has 0 amide bonds. The fourth-order valence-electron chi connectivity index (χ4n) is 0.880. The van der Waals surface area contributed by atoms with Crippen LogP contribution in [0.15, 0.2) is 18.5 Å². The summed E-state index contributed by atoms with van der Waals surface area (Å²) in [4.78, 5) is 8.16. The highest BCUT2D eigenvalue weighted by Gasteiger charge is 1.94. The van der Waals surface area contributed by atoms with Gasteiger partial charge in [0.2, 0.25) is 0 Å². The zero-order chi connectivity index (χ0) is 7.68. The Morgan fingerprint density at radius 3 is 3.09 bits per heavy atom. The zero-order valence-electron chi connectivity index (χ0n) is 6.02. The fourth-order valence-corrected chi connectivity index (χ4v) is 0.880. The van der Waals surface area contributed by atoms with Gasteiger partial charge in [0.05, 0.1) is 17.9 Å². The predicted molar refractivity (Wildman–Crippen MR) is 39.9 cm³/mol. The summed E-state index contributed by atoms with van der Waals surface area (Å²) in [6, 6.07) is 1.82. The van der Waals surface area contributed by atoms with E-state index in [1.807, 2.05) is 13.0 Å². The summed E-state index contributed by atoms with van der Waals surface area (Å²) in [5.74, 6) is 0.755. The molecule has 0 unspecified atom stereocenters. The Balaban J connectivity index is 2.83. The van der Waals surface area contributed by atoms with Gasteiger partial charge in [-0.3, -0.25) is 0 Å². The Kier molecular flexibility index (Phi) is 1.25. The molecule has 0 saturated carbocycles. The topological polar surface area (TPSA) is 51.6 Å². The Hall–Kier alpha value is -1.58. The smallest absolute Gasteiger partial charge is 0.130 e. The number of hydrogen-bond donors (Lipinski definition) is 0. The summed E-state index contributed by atoms with van der Waals surface area (Å²) >= 11 is 0. The molecule has 0 N–H and O–H groups in total. The molecule has 0 aromatic carbocycles. The molecule has 2 rings (SSSR count). The fraction of sp³-hybridized carbons (Fsp3) is 0.143. The van der Waals surface area contributed by atoms with Crippen molar-refractivity contribution in [2.24, 2.45) is 0 Å². The Bertz CT molecular complexity index is 385. The maximum absolute atomic E-state index is 4.16. The molecular weight excluding hydrogens is 140 g/mol. The van der Waals surface area contributed by atoms with Crippen molar-refractivity contribution in [2.45, 2.75) is 6.92 Å². The summed E-state index contributed by atoms with van der Waals surface area (Å²) in [6.07, 6.45) is 3.29. The predicted octanol–water partition coefficient (Wildman–Crippen LogP) is 0.728. The van der Waals surface area contributed by atoms with Crippen molar-refractivity contribution >= 4 is 11.0 Å². The van der Waals surface area contributed by atoms with Gasteiger partial charge in [0, 0.05) is 0 Å². The van der Waals surface area contributed by atoms with Crippen LogP contribution in [0.2, 0.25) is 0 Å². The third-order valence-electron chi connectivity index (χ3n) is 1.38. The first kappa shape index (κ1) is 6.15. The van der Waals surface area contributed by atoms with E-state index in [2.05, 4.69) is 20.2 Å². The van der Waals surface area contributed by atoms with Crippen molar-refractivity contribution in [3.8, 4) is 0 Å². The van der Waals surface area contributed by atoms with E-state index in [9.17, 15) is 0 Å². The second-order valence-electron chi connectivity index (χ2n) is 2.22.